The lowest BCUT2D eigenvalue weighted by Crippen LogP contribution is -2.61. The molecule has 0 aliphatic carbocycles. The molecule has 0 saturated carbocycles. The van der Waals surface area contributed by atoms with Crippen LogP contribution >= 0.6 is 11.6 Å². The summed E-state index contributed by atoms with van der Waals surface area (Å²) in [6, 6.07) is 10.9. The van der Waals surface area contributed by atoms with E-state index in [0.717, 1.165) is 36.5 Å². The van der Waals surface area contributed by atoms with Gasteiger partial charge in [0.1, 0.15) is 5.82 Å². The number of likely N-dealkylation sites (tertiary alicyclic amines) is 3. The highest BCUT2D eigenvalue weighted by Crippen LogP contribution is 2.32. The van der Waals surface area contributed by atoms with E-state index in [2.05, 4.69) is 10.2 Å². The maximum atomic E-state index is 13.6. The van der Waals surface area contributed by atoms with E-state index in [1.165, 1.54) is 25.1 Å². The van der Waals surface area contributed by atoms with Crippen LogP contribution in [0.2, 0.25) is 5.02 Å². The van der Waals surface area contributed by atoms with Crippen molar-refractivity contribution in [2.75, 3.05) is 44.6 Å². The average Bonchev–Trinajstić information content (AvgIpc) is 2.84. The smallest absolute Gasteiger partial charge is 0.282 e. The Morgan fingerprint density at radius 2 is 1.76 bits per heavy atom. The van der Waals surface area contributed by atoms with Crippen LogP contribution in [0.15, 0.2) is 42.5 Å². The molecule has 0 bridgehead atoms. The number of piperidine rings is 1. The van der Waals surface area contributed by atoms with Crippen LogP contribution in [0.25, 0.3) is 0 Å². The highest BCUT2D eigenvalue weighted by atomic mass is 35.5. The van der Waals surface area contributed by atoms with E-state index < -0.39 is 42.2 Å². The van der Waals surface area contributed by atoms with Crippen LogP contribution in [0.4, 0.5) is 18.9 Å². The third-order valence-corrected chi connectivity index (χ3v) is 8.00. The summed E-state index contributed by atoms with van der Waals surface area (Å²) >= 11 is 6.28. The summed E-state index contributed by atoms with van der Waals surface area (Å²) in [7, 11) is 0. The molecule has 3 fully saturated rings. The molecule has 0 spiro atoms. The number of benzene rings is 2. The summed E-state index contributed by atoms with van der Waals surface area (Å²) in [5.41, 5.74) is -0.589. The second-order valence-corrected chi connectivity index (χ2v) is 11.0. The van der Waals surface area contributed by atoms with E-state index in [0.29, 0.717) is 19.1 Å². The number of aliphatic hydroxyl groups is 1. The molecule has 3 saturated heterocycles. The molecule has 2 aromatic rings. The molecule has 2 N–H and O–H groups in total. The van der Waals surface area contributed by atoms with Crippen LogP contribution in [0, 0.1) is 5.82 Å². The van der Waals surface area contributed by atoms with Gasteiger partial charge < -0.3 is 20.2 Å². The highest BCUT2D eigenvalue weighted by Gasteiger charge is 2.46. The Balaban J connectivity index is 1.08. The Labute approximate surface area is 224 Å². The van der Waals surface area contributed by atoms with E-state index >= 15 is 0 Å². The standard InChI is InChI=1S/C27H30ClF3N4O3/c1-26(38,17-3-2-4-18(29)11-17)25(37)33-9-7-21(8-10-33)34-13-20(14-34)32-19-5-6-22(23(28)12-19)24(36)35-15-27(30,31)16-35/h2-6,11-12,20-21,32,38H,7-10,13-16H2,1H3/t26-/m0/s1. The summed E-state index contributed by atoms with van der Waals surface area (Å²) in [5, 5.41) is 14.4. The van der Waals surface area contributed by atoms with Gasteiger partial charge >= 0.3 is 0 Å². The van der Waals surface area contributed by atoms with E-state index in [4.69, 9.17) is 11.6 Å². The molecule has 0 aromatic heterocycles. The van der Waals surface area contributed by atoms with Gasteiger partial charge in [0, 0.05) is 37.9 Å². The van der Waals surface area contributed by atoms with Crippen LogP contribution in [-0.2, 0) is 10.4 Å². The summed E-state index contributed by atoms with van der Waals surface area (Å²) in [6.07, 6.45) is 1.55. The number of halogens is 4. The predicted octanol–water partition coefficient (Wildman–Crippen LogP) is 3.57. The molecule has 7 nitrogen and oxygen atoms in total. The topological polar surface area (TPSA) is 76.1 Å². The van der Waals surface area contributed by atoms with Gasteiger partial charge in [-0.2, -0.15) is 0 Å². The molecule has 0 unspecified atom stereocenters. The molecule has 38 heavy (non-hydrogen) atoms. The van der Waals surface area contributed by atoms with Gasteiger partial charge in [-0.15, -0.1) is 0 Å². The van der Waals surface area contributed by atoms with Crippen molar-refractivity contribution in [2.24, 2.45) is 0 Å². The Morgan fingerprint density at radius 3 is 2.37 bits per heavy atom. The lowest BCUT2D eigenvalue weighted by molar-refractivity contribution is -0.152. The first kappa shape index (κ1) is 26.8. The zero-order chi connectivity index (χ0) is 27.2. The maximum Gasteiger partial charge on any atom is 0.282 e. The van der Waals surface area contributed by atoms with Crippen molar-refractivity contribution in [3.63, 3.8) is 0 Å². The summed E-state index contributed by atoms with van der Waals surface area (Å²) in [4.78, 5) is 30.4. The number of alkyl halides is 2. The van der Waals surface area contributed by atoms with Crippen molar-refractivity contribution in [2.45, 2.75) is 43.4 Å². The Kier molecular flexibility index (Phi) is 7.08. The fourth-order valence-corrected chi connectivity index (χ4v) is 5.66. The number of carbonyl (C=O) groups is 2. The first-order valence-corrected chi connectivity index (χ1v) is 13.1. The van der Waals surface area contributed by atoms with Gasteiger partial charge in [0.15, 0.2) is 5.60 Å². The lowest BCUT2D eigenvalue weighted by Gasteiger charge is -2.48. The number of amides is 2. The zero-order valence-electron chi connectivity index (χ0n) is 21.0. The average molecular weight is 551 g/mol. The molecule has 2 amide bonds. The van der Waals surface area contributed by atoms with Gasteiger partial charge in [-0.1, -0.05) is 23.7 Å². The third-order valence-electron chi connectivity index (χ3n) is 7.68. The second kappa shape index (κ2) is 10.1. The molecular weight excluding hydrogens is 521 g/mol. The fourth-order valence-electron chi connectivity index (χ4n) is 5.40. The second-order valence-electron chi connectivity index (χ2n) is 10.6. The maximum absolute atomic E-state index is 13.6. The first-order chi connectivity index (χ1) is 17.9. The van der Waals surface area contributed by atoms with Crippen molar-refractivity contribution >= 4 is 29.1 Å². The first-order valence-electron chi connectivity index (χ1n) is 12.7. The minimum atomic E-state index is -2.83. The highest BCUT2D eigenvalue weighted by molar-refractivity contribution is 6.34. The zero-order valence-corrected chi connectivity index (χ0v) is 21.7. The Morgan fingerprint density at radius 1 is 1.08 bits per heavy atom. The van der Waals surface area contributed by atoms with Crippen molar-refractivity contribution in [1.29, 1.82) is 0 Å². The molecule has 2 aromatic carbocycles. The van der Waals surface area contributed by atoms with Gasteiger partial charge in [-0.25, -0.2) is 13.2 Å². The number of carbonyl (C=O) groups excluding carboxylic acids is 2. The van der Waals surface area contributed by atoms with E-state index in [9.17, 15) is 27.9 Å². The van der Waals surface area contributed by atoms with Gasteiger partial charge in [0.2, 0.25) is 0 Å². The van der Waals surface area contributed by atoms with Gasteiger partial charge in [-0.3, -0.25) is 14.5 Å². The number of anilines is 1. The van der Waals surface area contributed by atoms with Gasteiger partial charge in [-0.05, 0) is 55.7 Å². The number of hydrogen-bond donors (Lipinski definition) is 2. The molecule has 5 rings (SSSR count). The van der Waals surface area contributed by atoms with Gasteiger partial charge in [0.25, 0.3) is 17.7 Å². The summed E-state index contributed by atoms with van der Waals surface area (Å²) in [6.45, 7) is 2.87. The third kappa shape index (κ3) is 5.34. The molecule has 1 atom stereocenters. The number of nitrogens with zero attached hydrogens (tertiary/aromatic N) is 3. The minimum Gasteiger partial charge on any atom is -0.380 e. The monoisotopic (exact) mass is 550 g/mol. The summed E-state index contributed by atoms with van der Waals surface area (Å²) in [5.74, 6) is -4.24. The Bertz CT molecular complexity index is 1220. The fraction of sp³-hybridized carbons (Fsp3) is 0.481. The summed E-state index contributed by atoms with van der Waals surface area (Å²) < 4.78 is 39.8. The molecule has 3 heterocycles. The minimum absolute atomic E-state index is 0.190. The normalized spacial score (nSPS) is 21.8. The van der Waals surface area contributed by atoms with Crippen molar-refractivity contribution < 1.29 is 27.9 Å². The number of hydrogen-bond acceptors (Lipinski definition) is 5. The van der Waals surface area contributed by atoms with Crippen LogP contribution in [-0.4, -0.2) is 88.9 Å². The van der Waals surface area contributed by atoms with Crippen molar-refractivity contribution in [3.8, 4) is 0 Å². The van der Waals surface area contributed by atoms with Crippen LogP contribution in [0.3, 0.4) is 0 Å². The Hall–Kier alpha value is -2.82. The van der Waals surface area contributed by atoms with E-state index in [-0.39, 0.29) is 22.2 Å². The molecule has 3 aliphatic rings. The molecule has 3 aliphatic heterocycles. The van der Waals surface area contributed by atoms with Crippen LogP contribution in [0.5, 0.6) is 0 Å². The largest absolute Gasteiger partial charge is 0.380 e. The number of nitrogens with one attached hydrogen (secondary N) is 1. The molecule has 11 heteroatoms. The van der Waals surface area contributed by atoms with E-state index in [1.807, 2.05) is 0 Å². The van der Waals surface area contributed by atoms with Gasteiger partial charge in [0.05, 0.1) is 29.7 Å². The molecule has 0 radical (unpaired) electrons. The van der Waals surface area contributed by atoms with Crippen LogP contribution in [0.1, 0.15) is 35.7 Å². The number of rotatable bonds is 6. The predicted molar refractivity (Wildman–Crippen MR) is 137 cm³/mol. The SMILES string of the molecule is C[C@@](O)(C(=O)N1CCC(N2CC(Nc3ccc(C(=O)N4CC(F)(F)C4)c(Cl)c3)C2)CC1)c1cccc(F)c1. The van der Waals surface area contributed by atoms with E-state index in [1.54, 1.807) is 29.2 Å². The van der Waals surface area contributed by atoms with Crippen LogP contribution < -0.4 is 5.32 Å². The van der Waals surface area contributed by atoms with Crippen molar-refractivity contribution in [3.05, 3.63) is 64.4 Å². The molecule has 204 valence electrons. The van der Waals surface area contributed by atoms with Crippen molar-refractivity contribution in [1.82, 2.24) is 14.7 Å². The lowest BCUT2D eigenvalue weighted by atomic mass is 9.92. The molecular formula is C27H30ClF3N4O3. The quantitative estimate of drug-likeness (QED) is 0.575.